The molecule has 2 N–H and O–H groups in total. The lowest BCUT2D eigenvalue weighted by molar-refractivity contribution is -0.121. The predicted octanol–water partition coefficient (Wildman–Crippen LogP) is 2.32. The Morgan fingerprint density at radius 1 is 1.45 bits per heavy atom. The fourth-order valence-corrected chi connectivity index (χ4v) is 2.54. The van der Waals surface area contributed by atoms with Gasteiger partial charge in [-0.3, -0.25) is 9.59 Å². The molecule has 22 heavy (non-hydrogen) atoms. The molecular weight excluding hydrogens is 307 g/mol. The average molecular weight is 329 g/mol. The highest BCUT2D eigenvalue weighted by molar-refractivity contribution is 5.99. The highest BCUT2D eigenvalue weighted by Crippen LogP contribution is 2.13. The van der Waals surface area contributed by atoms with Crippen LogP contribution in [0.1, 0.15) is 36.5 Å². The van der Waals surface area contributed by atoms with E-state index in [1.165, 1.54) is 18.2 Å². The predicted molar refractivity (Wildman–Crippen MR) is 85.8 cm³/mol. The van der Waals surface area contributed by atoms with Crippen molar-refractivity contribution >= 4 is 24.1 Å². The van der Waals surface area contributed by atoms with Gasteiger partial charge < -0.3 is 10.6 Å². The number of amides is 1. The topological polar surface area (TPSA) is 58.2 Å². The minimum Gasteiger partial charge on any atom is -0.355 e. The zero-order chi connectivity index (χ0) is 15.2. The molecule has 1 aromatic rings. The van der Waals surface area contributed by atoms with Crippen LogP contribution in [0, 0.1) is 11.7 Å². The third-order valence-corrected chi connectivity index (χ3v) is 3.76. The van der Waals surface area contributed by atoms with Crippen molar-refractivity contribution in [2.75, 3.05) is 13.1 Å². The minimum atomic E-state index is -0.455. The fraction of sp³-hybridized carbons (Fsp3) is 0.500. The smallest absolute Gasteiger partial charge is 0.220 e. The summed E-state index contributed by atoms with van der Waals surface area (Å²) >= 11 is 0. The molecule has 1 heterocycles. The van der Waals surface area contributed by atoms with Crippen LogP contribution in [-0.4, -0.2) is 30.8 Å². The third kappa shape index (κ3) is 5.39. The van der Waals surface area contributed by atoms with E-state index in [-0.39, 0.29) is 30.5 Å². The lowest BCUT2D eigenvalue weighted by Gasteiger charge is -2.14. The number of benzene rings is 1. The summed E-state index contributed by atoms with van der Waals surface area (Å²) in [7, 11) is 0. The first kappa shape index (κ1) is 18.6. The highest BCUT2D eigenvalue weighted by atomic mass is 35.5. The quantitative estimate of drug-likeness (QED) is 0.788. The van der Waals surface area contributed by atoms with Crippen molar-refractivity contribution in [1.29, 1.82) is 0 Å². The van der Waals surface area contributed by atoms with Gasteiger partial charge in [-0.25, -0.2) is 4.39 Å². The van der Waals surface area contributed by atoms with Gasteiger partial charge in [0.05, 0.1) is 0 Å². The molecule has 0 aliphatic carbocycles. The SMILES string of the molecule is CC(CC(=O)NCC1CCCN1)C(=O)c1cccc(F)c1.Cl. The van der Waals surface area contributed by atoms with Gasteiger partial charge in [-0.05, 0) is 31.5 Å². The summed E-state index contributed by atoms with van der Waals surface area (Å²) in [6.45, 7) is 3.29. The third-order valence-electron chi connectivity index (χ3n) is 3.76. The Morgan fingerprint density at radius 3 is 2.86 bits per heavy atom. The van der Waals surface area contributed by atoms with Crippen LogP contribution in [-0.2, 0) is 4.79 Å². The second-order valence-corrected chi connectivity index (χ2v) is 5.58. The summed E-state index contributed by atoms with van der Waals surface area (Å²) in [5.41, 5.74) is 0.313. The molecule has 1 saturated heterocycles. The molecule has 0 bridgehead atoms. The van der Waals surface area contributed by atoms with Crippen molar-refractivity contribution in [3.8, 4) is 0 Å². The van der Waals surface area contributed by atoms with E-state index in [0.717, 1.165) is 19.4 Å². The van der Waals surface area contributed by atoms with Crippen molar-refractivity contribution in [3.05, 3.63) is 35.6 Å². The van der Waals surface area contributed by atoms with E-state index in [4.69, 9.17) is 0 Å². The van der Waals surface area contributed by atoms with Crippen molar-refractivity contribution in [2.45, 2.75) is 32.2 Å². The van der Waals surface area contributed by atoms with E-state index in [1.807, 2.05) is 0 Å². The standard InChI is InChI=1S/C16H21FN2O2.ClH/c1-11(16(21)12-4-2-5-13(17)9-12)8-15(20)19-10-14-6-3-7-18-14;/h2,4-5,9,11,14,18H,3,6-8,10H2,1H3,(H,19,20);1H. The van der Waals surface area contributed by atoms with E-state index in [2.05, 4.69) is 10.6 Å². The summed E-state index contributed by atoms with van der Waals surface area (Å²) in [4.78, 5) is 24.0. The molecule has 1 aliphatic rings. The largest absolute Gasteiger partial charge is 0.355 e. The van der Waals surface area contributed by atoms with Gasteiger partial charge in [-0.1, -0.05) is 19.1 Å². The monoisotopic (exact) mass is 328 g/mol. The number of hydrogen-bond donors (Lipinski definition) is 2. The minimum absolute atomic E-state index is 0. The van der Waals surface area contributed by atoms with Crippen LogP contribution in [0.25, 0.3) is 0 Å². The van der Waals surface area contributed by atoms with Gasteiger partial charge in [-0.2, -0.15) is 0 Å². The van der Waals surface area contributed by atoms with Gasteiger partial charge in [0, 0.05) is 30.5 Å². The maximum Gasteiger partial charge on any atom is 0.220 e. The summed E-state index contributed by atoms with van der Waals surface area (Å²) in [6, 6.07) is 5.91. The molecule has 1 fully saturated rings. The molecule has 2 unspecified atom stereocenters. The van der Waals surface area contributed by atoms with Gasteiger partial charge in [0.1, 0.15) is 5.82 Å². The van der Waals surface area contributed by atoms with Crippen LogP contribution in [0.2, 0.25) is 0 Å². The van der Waals surface area contributed by atoms with Crippen molar-refractivity contribution < 1.29 is 14.0 Å². The number of Topliss-reactive ketones (excluding diaryl/α,β-unsaturated/α-hetero) is 1. The molecular formula is C16H22ClFN2O2. The molecule has 2 atom stereocenters. The summed E-state index contributed by atoms with van der Waals surface area (Å²) in [5, 5.41) is 6.14. The Morgan fingerprint density at radius 2 is 2.23 bits per heavy atom. The van der Waals surface area contributed by atoms with E-state index in [1.54, 1.807) is 13.0 Å². The summed E-state index contributed by atoms with van der Waals surface area (Å²) in [5.74, 6) is -1.24. The molecule has 4 nitrogen and oxygen atoms in total. The maximum atomic E-state index is 13.1. The normalized spacial score (nSPS) is 18.4. The van der Waals surface area contributed by atoms with Gasteiger partial charge in [0.15, 0.2) is 5.78 Å². The Bertz CT molecular complexity index is 519. The number of carbonyl (C=O) groups is 2. The lowest BCUT2D eigenvalue weighted by atomic mass is 9.96. The van der Waals surface area contributed by atoms with Crippen molar-refractivity contribution in [3.63, 3.8) is 0 Å². The second-order valence-electron chi connectivity index (χ2n) is 5.58. The molecule has 1 aromatic carbocycles. The van der Waals surface area contributed by atoms with Gasteiger partial charge in [0.2, 0.25) is 5.91 Å². The summed E-state index contributed by atoms with van der Waals surface area (Å²) in [6.07, 6.45) is 2.33. The molecule has 1 amide bonds. The van der Waals surface area contributed by atoms with E-state index >= 15 is 0 Å². The highest BCUT2D eigenvalue weighted by Gasteiger charge is 2.20. The van der Waals surface area contributed by atoms with Crippen molar-refractivity contribution in [1.82, 2.24) is 10.6 Å². The van der Waals surface area contributed by atoms with E-state index in [0.29, 0.717) is 18.2 Å². The molecule has 6 heteroatoms. The first-order valence-corrected chi connectivity index (χ1v) is 7.36. The number of carbonyl (C=O) groups excluding carboxylic acids is 2. The van der Waals surface area contributed by atoms with Crippen LogP contribution in [0.15, 0.2) is 24.3 Å². The number of nitrogens with one attached hydrogen (secondary N) is 2. The number of ketones is 1. The van der Waals surface area contributed by atoms with Gasteiger partial charge in [0.25, 0.3) is 0 Å². The number of hydrogen-bond acceptors (Lipinski definition) is 3. The molecule has 0 spiro atoms. The van der Waals surface area contributed by atoms with E-state index < -0.39 is 11.7 Å². The molecule has 1 aliphatic heterocycles. The molecule has 122 valence electrons. The Balaban J connectivity index is 0.00000242. The lowest BCUT2D eigenvalue weighted by Crippen LogP contribution is -2.38. The first-order chi connectivity index (χ1) is 10.1. The number of halogens is 2. The Hall–Kier alpha value is -1.46. The van der Waals surface area contributed by atoms with Gasteiger partial charge >= 0.3 is 0 Å². The van der Waals surface area contributed by atoms with Crippen LogP contribution < -0.4 is 10.6 Å². The van der Waals surface area contributed by atoms with Crippen LogP contribution in [0.4, 0.5) is 4.39 Å². The van der Waals surface area contributed by atoms with Crippen LogP contribution in [0.5, 0.6) is 0 Å². The fourth-order valence-electron chi connectivity index (χ4n) is 2.54. The Kier molecular flexibility index (Phi) is 7.48. The average Bonchev–Trinajstić information content (AvgIpc) is 2.97. The molecule has 0 radical (unpaired) electrons. The number of rotatable bonds is 6. The zero-order valence-corrected chi connectivity index (χ0v) is 13.4. The molecule has 0 saturated carbocycles. The van der Waals surface area contributed by atoms with Crippen LogP contribution in [0.3, 0.4) is 0 Å². The van der Waals surface area contributed by atoms with Crippen LogP contribution >= 0.6 is 12.4 Å². The Labute approximate surface area is 136 Å². The molecule has 2 rings (SSSR count). The maximum absolute atomic E-state index is 13.1. The first-order valence-electron chi connectivity index (χ1n) is 7.36. The second kappa shape index (κ2) is 8.86. The van der Waals surface area contributed by atoms with E-state index in [9.17, 15) is 14.0 Å². The van der Waals surface area contributed by atoms with Crippen molar-refractivity contribution in [2.24, 2.45) is 5.92 Å². The van der Waals surface area contributed by atoms with Gasteiger partial charge in [-0.15, -0.1) is 12.4 Å². The summed E-state index contributed by atoms with van der Waals surface area (Å²) < 4.78 is 13.1. The zero-order valence-electron chi connectivity index (χ0n) is 12.6. The molecule has 0 aromatic heterocycles.